The van der Waals surface area contributed by atoms with E-state index in [9.17, 15) is 4.79 Å². The van der Waals surface area contributed by atoms with E-state index in [0.717, 1.165) is 14.5 Å². The summed E-state index contributed by atoms with van der Waals surface area (Å²) in [6.45, 7) is 2.34. The van der Waals surface area contributed by atoms with Gasteiger partial charge in [-0.2, -0.15) is 5.10 Å². The van der Waals surface area contributed by atoms with Crippen molar-refractivity contribution in [1.29, 1.82) is 0 Å². The second-order valence-corrected chi connectivity index (χ2v) is 6.49. The van der Waals surface area contributed by atoms with Crippen molar-refractivity contribution in [3.63, 3.8) is 0 Å². The van der Waals surface area contributed by atoms with Gasteiger partial charge < -0.3 is 9.47 Å². The lowest BCUT2D eigenvalue weighted by molar-refractivity contribution is -0.123. The molecule has 0 aliphatic carbocycles. The average Bonchev–Trinajstić information content (AvgIpc) is 2.55. The van der Waals surface area contributed by atoms with Gasteiger partial charge in [-0.15, -0.1) is 0 Å². The van der Waals surface area contributed by atoms with Crippen LogP contribution in [0.1, 0.15) is 12.5 Å². The van der Waals surface area contributed by atoms with Crippen LogP contribution in [0.25, 0.3) is 0 Å². The highest BCUT2D eigenvalue weighted by molar-refractivity contribution is 9.10. The first-order chi connectivity index (χ1) is 11.6. The molecular weight excluding hydrogens is 440 g/mol. The number of benzene rings is 2. The molecule has 0 fully saturated rings. The zero-order valence-electron chi connectivity index (χ0n) is 13.0. The molecule has 2 aromatic rings. The zero-order valence-corrected chi connectivity index (χ0v) is 16.1. The topological polar surface area (TPSA) is 59.9 Å². The molecule has 126 valence electrons. The number of rotatable bonds is 7. The number of nitrogens with zero attached hydrogens (tertiary/aromatic N) is 1. The van der Waals surface area contributed by atoms with Crippen molar-refractivity contribution < 1.29 is 14.3 Å². The highest BCUT2D eigenvalue weighted by atomic mass is 79.9. The summed E-state index contributed by atoms with van der Waals surface area (Å²) in [6, 6.07) is 12.9. The second kappa shape index (κ2) is 9.44. The number of hydrazone groups is 1. The third-order valence-corrected chi connectivity index (χ3v) is 3.82. The first-order valence-corrected chi connectivity index (χ1v) is 8.79. The molecule has 0 radical (unpaired) electrons. The number of hydrogen-bond donors (Lipinski definition) is 1. The minimum atomic E-state index is -0.348. The monoisotopic (exact) mass is 454 g/mol. The molecule has 0 atom stereocenters. The van der Waals surface area contributed by atoms with Gasteiger partial charge in [-0.25, -0.2) is 5.43 Å². The summed E-state index contributed by atoms with van der Waals surface area (Å²) in [6.07, 6.45) is 1.53. The molecule has 0 aromatic heterocycles. The average molecular weight is 456 g/mol. The summed E-state index contributed by atoms with van der Waals surface area (Å²) in [5, 5.41) is 3.94. The fraction of sp³-hybridized carbons (Fsp3) is 0.176. The van der Waals surface area contributed by atoms with E-state index in [-0.39, 0.29) is 12.5 Å². The van der Waals surface area contributed by atoms with Crippen molar-refractivity contribution in [3.8, 4) is 11.5 Å². The smallest absolute Gasteiger partial charge is 0.277 e. The van der Waals surface area contributed by atoms with E-state index in [1.54, 1.807) is 12.1 Å². The molecule has 0 saturated heterocycles. The Kier molecular flexibility index (Phi) is 7.27. The Balaban J connectivity index is 1.89. The van der Waals surface area contributed by atoms with Gasteiger partial charge in [0, 0.05) is 14.5 Å². The Morgan fingerprint density at radius 3 is 2.71 bits per heavy atom. The molecule has 24 heavy (non-hydrogen) atoms. The van der Waals surface area contributed by atoms with Gasteiger partial charge in [0.05, 0.1) is 12.8 Å². The lowest BCUT2D eigenvalue weighted by atomic mass is 10.2. The van der Waals surface area contributed by atoms with Crippen molar-refractivity contribution in [2.24, 2.45) is 5.10 Å². The molecule has 0 heterocycles. The first kappa shape index (κ1) is 18.5. The van der Waals surface area contributed by atoms with Crippen LogP contribution in [0, 0.1) is 0 Å². The second-order valence-electron chi connectivity index (χ2n) is 4.65. The number of nitrogens with one attached hydrogen (secondary N) is 1. The Morgan fingerprint density at radius 1 is 1.17 bits per heavy atom. The normalized spacial score (nSPS) is 10.6. The van der Waals surface area contributed by atoms with Gasteiger partial charge in [-0.05, 0) is 43.3 Å². The Labute approximate surface area is 157 Å². The first-order valence-electron chi connectivity index (χ1n) is 7.21. The maximum absolute atomic E-state index is 11.8. The molecule has 1 N–H and O–H groups in total. The number of ether oxygens (including phenoxy) is 2. The van der Waals surface area contributed by atoms with Crippen molar-refractivity contribution >= 4 is 44.0 Å². The van der Waals surface area contributed by atoms with Crippen LogP contribution in [0.4, 0.5) is 0 Å². The molecule has 2 rings (SSSR count). The molecule has 0 spiro atoms. The summed E-state index contributed by atoms with van der Waals surface area (Å²) in [4.78, 5) is 11.8. The molecule has 5 nitrogen and oxygen atoms in total. The van der Waals surface area contributed by atoms with E-state index < -0.39 is 0 Å². The number of hydrogen-bond acceptors (Lipinski definition) is 4. The van der Waals surface area contributed by atoms with Crippen LogP contribution < -0.4 is 14.9 Å². The summed E-state index contributed by atoms with van der Waals surface area (Å²) < 4.78 is 12.7. The van der Waals surface area contributed by atoms with E-state index in [1.165, 1.54) is 6.21 Å². The minimum absolute atomic E-state index is 0.120. The Morgan fingerprint density at radius 2 is 1.96 bits per heavy atom. The van der Waals surface area contributed by atoms with Crippen LogP contribution in [-0.2, 0) is 4.79 Å². The third-order valence-electron chi connectivity index (χ3n) is 2.83. The zero-order chi connectivity index (χ0) is 17.4. The number of carbonyl (C=O) groups excluding carboxylic acids is 1. The van der Waals surface area contributed by atoms with E-state index in [1.807, 2.05) is 37.3 Å². The summed E-state index contributed by atoms with van der Waals surface area (Å²) in [5.74, 6) is 0.956. The van der Waals surface area contributed by atoms with Crippen molar-refractivity contribution in [2.75, 3.05) is 13.2 Å². The van der Waals surface area contributed by atoms with Crippen LogP contribution in [0.15, 0.2) is 56.5 Å². The maximum Gasteiger partial charge on any atom is 0.277 e. The fourth-order valence-electron chi connectivity index (χ4n) is 1.82. The fourth-order valence-corrected chi connectivity index (χ4v) is 2.58. The van der Waals surface area contributed by atoms with Crippen LogP contribution >= 0.6 is 31.9 Å². The molecule has 0 unspecified atom stereocenters. The highest BCUT2D eigenvalue weighted by Gasteiger charge is 2.04. The van der Waals surface area contributed by atoms with E-state index in [0.29, 0.717) is 18.1 Å². The van der Waals surface area contributed by atoms with E-state index in [2.05, 4.69) is 42.4 Å². The third kappa shape index (κ3) is 5.98. The van der Waals surface area contributed by atoms with Gasteiger partial charge in [0.25, 0.3) is 5.91 Å². The number of carbonyl (C=O) groups is 1. The summed E-state index contributed by atoms with van der Waals surface area (Å²) in [5.41, 5.74) is 3.19. The quantitative estimate of drug-likeness (QED) is 0.504. The Bertz CT molecular complexity index is 736. The van der Waals surface area contributed by atoms with Gasteiger partial charge >= 0.3 is 0 Å². The molecular formula is C17H16Br2N2O3. The molecule has 1 amide bonds. The molecule has 2 aromatic carbocycles. The van der Waals surface area contributed by atoms with Crippen molar-refractivity contribution in [1.82, 2.24) is 5.43 Å². The Hall–Kier alpha value is -1.86. The largest absolute Gasteiger partial charge is 0.493 e. The van der Waals surface area contributed by atoms with E-state index >= 15 is 0 Å². The maximum atomic E-state index is 11.8. The van der Waals surface area contributed by atoms with Crippen molar-refractivity contribution in [2.45, 2.75) is 6.92 Å². The van der Waals surface area contributed by atoms with Gasteiger partial charge in [0.15, 0.2) is 6.61 Å². The predicted molar refractivity (Wildman–Crippen MR) is 101 cm³/mol. The van der Waals surface area contributed by atoms with Gasteiger partial charge in [0.1, 0.15) is 11.5 Å². The molecule has 0 aliphatic heterocycles. The SMILES string of the molecule is CCOc1ccc(Br)cc1/C=N/NC(=O)COc1cccc(Br)c1. The lowest BCUT2D eigenvalue weighted by Gasteiger charge is -2.07. The van der Waals surface area contributed by atoms with Crippen LogP contribution in [0.5, 0.6) is 11.5 Å². The van der Waals surface area contributed by atoms with Crippen molar-refractivity contribution in [3.05, 3.63) is 57.0 Å². The molecule has 0 saturated carbocycles. The van der Waals surface area contributed by atoms with Gasteiger partial charge in [0.2, 0.25) is 0 Å². The highest BCUT2D eigenvalue weighted by Crippen LogP contribution is 2.21. The lowest BCUT2D eigenvalue weighted by Crippen LogP contribution is -2.24. The molecule has 0 bridgehead atoms. The molecule has 0 aliphatic rings. The standard InChI is InChI=1S/C17H16Br2N2O3/c1-2-23-16-7-6-14(19)8-12(16)10-20-21-17(22)11-24-15-5-3-4-13(18)9-15/h3-10H,2,11H2,1H3,(H,21,22)/b20-10+. The number of amides is 1. The molecule has 7 heteroatoms. The van der Waals surface area contributed by atoms with E-state index in [4.69, 9.17) is 9.47 Å². The van der Waals surface area contributed by atoms with Gasteiger partial charge in [-0.1, -0.05) is 37.9 Å². The minimum Gasteiger partial charge on any atom is -0.493 e. The van der Waals surface area contributed by atoms with Gasteiger partial charge in [-0.3, -0.25) is 4.79 Å². The predicted octanol–water partition coefficient (Wildman–Crippen LogP) is 4.14. The van der Waals surface area contributed by atoms with Crippen LogP contribution in [0.2, 0.25) is 0 Å². The van der Waals surface area contributed by atoms with Crippen LogP contribution in [-0.4, -0.2) is 25.3 Å². The summed E-state index contributed by atoms with van der Waals surface area (Å²) >= 11 is 6.74. The number of halogens is 2. The van der Waals surface area contributed by atoms with Crippen LogP contribution in [0.3, 0.4) is 0 Å². The summed E-state index contributed by atoms with van der Waals surface area (Å²) in [7, 11) is 0.